The van der Waals surface area contributed by atoms with Crippen LogP contribution >= 0.6 is 0 Å². The zero-order valence-corrected chi connectivity index (χ0v) is 14.3. The molecule has 0 spiro atoms. The topological polar surface area (TPSA) is 96.6 Å². The molecule has 0 amide bonds. The summed E-state index contributed by atoms with van der Waals surface area (Å²) in [4.78, 5) is 4.02. The van der Waals surface area contributed by atoms with Crippen LogP contribution in [0.5, 0.6) is 0 Å². The number of guanidine groups is 1. The highest BCUT2D eigenvalue weighted by molar-refractivity contribution is 7.89. The van der Waals surface area contributed by atoms with Crippen molar-refractivity contribution < 1.29 is 17.2 Å². The number of primary sulfonamides is 1. The Labute approximate surface area is 144 Å². The number of aliphatic imine (C=N–C) groups is 1. The number of benzene rings is 2. The van der Waals surface area contributed by atoms with Crippen molar-refractivity contribution in [1.82, 2.24) is 10.6 Å². The van der Waals surface area contributed by atoms with Crippen LogP contribution in [0.15, 0.2) is 52.4 Å². The van der Waals surface area contributed by atoms with E-state index in [-0.39, 0.29) is 17.0 Å². The number of nitrogens with two attached hydrogens (primary N) is 1. The van der Waals surface area contributed by atoms with Gasteiger partial charge in [-0.1, -0.05) is 12.1 Å². The van der Waals surface area contributed by atoms with E-state index in [4.69, 9.17) is 5.14 Å². The number of hydrogen-bond donors (Lipinski definition) is 3. The Morgan fingerprint density at radius 1 is 1.08 bits per heavy atom. The Morgan fingerprint density at radius 2 is 1.72 bits per heavy atom. The molecule has 2 rings (SSSR count). The second-order valence-electron chi connectivity index (χ2n) is 5.20. The summed E-state index contributed by atoms with van der Waals surface area (Å²) < 4.78 is 49.1. The highest BCUT2D eigenvalue weighted by atomic mass is 32.2. The summed E-state index contributed by atoms with van der Waals surface area (Å²) in [7, 11) is -2.18. The predicted octanol–water partition coefficient (Wildman–Crippen LogP) is 1.48. The first-order chi connectivity index (χ1) is 11.8. The fraction of sp³-hybridized carbons (Fsp3) is 0.188. The van der Waals surface area contributed by atoms with Gasteiger partial charge >= 0.3 is 0 Å². The van der Waals surface area contributed by atoms with E-state index in [2.05, 4.69) is 15.6 Å². The van der Waals surface area contributed by atoms with Gasteiger partial charge in [0.2, 0.25) is 10.0 Å². The van der Waals surface area contributed by atoms with E-state index in [1.807, 2.05) is 0 Å². The van der Waals surface area contributed by atoms with Crippen LogP contribution in [0.3, 0.4) is 0 Å². The van der Waals surface area contributed by atoms with Crippen LogP contribution in [0.2, 0.25) is 0 Å². The molecule has 25 heavy (non-hydrogen) atoms. The molecule has 0 aliphatic carbocycles. The average Bonchev–Trinajstić information content (AvgIpc) is 2.57. The molecule has 0 aromatic heterocycles. The lowest BCUT2D eigenvalue weighted by atomic mass is 10.2. The molecule has 4 N–H and O–H groups in total. The van der Waals surface area contributed by atoms with E-state index in [0.717, 1.165) is 23.8 Å². The average molecular weight is 368 g/mol. The van der Waals surface area contributed by atoms with E-state index < -0.39 is 21.7 Å². The molecule has 6 nitrogen and oxygen atoms in total. The van der Waals surface area contributed by atoms with Crippen molar-refractivity contribution in [2.75, 3.05) is 7.05 Å². The van der Waals surface area contributed by atoms with E-state index >= 15 is 0 Å². The summed E-state index contributed by atoms with van der Waals surface area (Å²) in [6.07, 6.45) is 0. The summed E-state index contributed by atoms with van der Waals surface area (Å²) in [5, 5.41) is 10.9. The predicted molar refractivity (Wildman–Crippen MR) is 91.2 cm³/mol. The summed E-state index contributed by atoms with van der Waals surface area (Å²) in [5.74, 6) is -0.641. The third-order valence-electron chi connectivity index (χ3n) is 3.39. The molecule has 0 bridgehead atoms. The van der Waals surface area contributed by atoms with Crippen molar-refractivity contribution in [1.29, 1.82) is 0 Å². The number of rotatable bonds is 5. The van der Waals surface area contributed by atoms with Crippen LogP contribution in [0.1, 0.15) is 11.1 Å². The first-order valence-corrected chi connectivity index (χ1v) is 8.84. The maximum Gasteiger partial charge on any atom is 0.238 e. The van der Waals surface area contributed by atoms with Gasteiger partial charge in [-0.15, -0.1) is 0 Å². The summed E-state index contributed by atoms with van der Waals surface area (Å²) in [5.41, 5.74) is 0.979. The van der Waals surface area contributed by atoms with Gasteiger partial charge in [-0.3, -0.25) is 4.99 Å². The molecule has 0 aliphatic heterocycles. The Morgan fingerprint density at radius 3 is 2.32 bits per heavy atom. The zero-order valence-electron chi connectivity index (χ0n) is 13.5. The fourth-order valence-corrected chi connectivity index (χ4v) is 2.58. The fourth-order valence-electron chi connectivity index (χ4n) is 2.06. The standard InChI is InChI=1S/C16H18F2N4O2S/c1-20-16(22-10-12-8-13(17)4-7-15(12)18)21-9-11-2-5-14(6-3-11)25(19,23)24/h2-8H,9-10H2,1H3,(H2,19,23,24)(H2,20,21,22). The molecule has 0 saturated carbocycles. The maximum absolute atomic E-state index is 13.6. The van der Waals surface area contributed by atoms with Crippen molar-refractivity contribution in [2.45, 2.75) is 18.0 Å². The van der Waals surface area contributed by atoms with Crippen LogP contribution in [-0.4, -0.2) is 21.4 Å². The molecule has 0 heterocycles. The minimum absolute atomic E-state index is 0.0281. The molecule has 0 atom stereocenters. The molecule has 0 fully saturated rings. The molecule has 134 valence electrons. The van der Waals surface area contributed by atoms with Crippen molar-refractivity contribution >= 4 is 16.0 Å². The van der Waals surface area contributed by atoms with Crippen molar-refractivity contribution in [3.05, 3.63) is 65.2 Å². The van der Waals surface area contributed by atoms with Crippen LogP contribution in [0.4, 0.5) is 8.78 Å². The van der Waals surface area contributed by atoms with Gasteiger partial charge in [0.15, 0.2) is 5.96 Å². The van der Waals surface area contributed by atoms with E-state index in [1.54, 1.807) is 19.2 Å². The number of sulfonamides is 1. The van der Waals surface area contributed by atoms with Crippen LogP contribution in [0, 0.1) is 11.6 Å². The minimum atomic E-state index is -3.73. The Bertz CT molecular complexity index is 868. The molecule has 0 aliphatic rings. The largest absolute Gasteiger partial charge is 0.352 e. The van der Waals surface area contributed by atoms with E-state index in [0.29, 0.717) is 12.5 Å². The van der Waals surface area contributed by atoms with Crippen molar-refractivity contribution in [3.63, 3.8) is 0 Å². The van der Waals surface area contributed by atoms with Gasteiger partial charge in [0.25, 0.3) is 0 Å². The van der Waals surface area contributed by atoms with Crippen molar-refractivity contribution in [3.8, 4) is 0 Å². The molecule has 9 heteroatoms. The molecule has 0 unspecified atom stereocenters. The minimum Gasteiger partial charge on any atom is -0.352 e. The lowest BCUT2D eigenvalue weighted by molar-refractivity contribution is 0.581. The molecule has 2 aromatic rings. The second kappa shape index (κ2) is 8.04. The van der Waals surface area contributed by atoms with Crippen LogP contribution in [0.25, 0.3) is 0 Å². The number of nitrogens with one attached hydrogen (secondary N) is 2. The first kappa shape index (κ1) is 18.8. The van der Waals surface area contributed by atoms with Gasteiger partial charge in [0.1, 0.15) is 11.6 Å². The third-order valence-corrected chi connectivity index (χ3v) is 4.32. The summed E-state index contributed by atoms with van der Waals surface area (Å²) in [6, 6.07) is 9.28. The number of hydrogen-bond acceptors (Lipinski definition) is 3. The normalized spacial score (nSPS) is 12.1. The highest BCUT2D eigenvalue weighted by Crippen LogP contribution is 2.10. The zero-order chi connectivity index (χ0) is 18.4. The van der Waals surface area contributed by atoms with E-state index in [9.17, 15) is 17.2 Å². The number of halogens is 2. The highest BCUT2D eigenvalue weighted by Gasteiger charge is 2.08. The van der Waals surface area contributed by atoms with Crippen molar-refractivity contribution in [2.24, 2.45) is 10.1 Å². The molecule has 0 saturated heterocycles. The van der Waals surface area contributed by atoms with Crippen LogP contribution < -0.4 is 15.8 Å². The van der Waals surface area contributed by atoms with Gasteiger partial charge in [-0.2, -0.15) is 0 Å². The van der Waals surface area contributed by atoms with Gasteiger partial charge in [-0.05, 0) is 35.9 Å². The first-order valence-electron chi connectivity index (χ1n) is 7.30. The van der Waals surface area contributed by atoms with Gasteiger partial charge < -0.3 is 10.6 Å². The lowest BCUT2D eigenvalue weighted by Gasteiger charge is -2.12. The summed E-state index contributed by atoms with van der Waals surface area (Å²) >= 11 is 0. The summed E-state index contributed by atoms with van der Waals surface area (Å²) in [6.45, 7) is 0.420. The molecule has 2 aromatic carbocycles. The Hall–Kier alpha value is -2.52. The smallest absolute Gasteiger partial charge is 0.238 e. The molecular formula is C16H18F2N4O2S. The maximum atomic E-state index is 13.6. The SMILES string of the molecule is CN=C(NCc1ccc(S(N)(=O)=O)cc1)NCc1cc(F)ccc1F. The van der Waals surface area contributed by atoms with E-state index in [1.165, 1.54) is 12.1 Å². The monoisotopic (exact) mass is 368 g/mol. The third kappa shape index (κ3) is 5.50. The number of nitrogens with zero attached hydrogens (tertiary/aromatic N) is 1. The van der Waals surface area contributed by atoms with Gasteiger partial charge in [0, 0.05) is 25.7 Å². The second-order valence-corrected chi connectivity index (χ2v) is 6.77. The van der Waals surface area contributed by atoms with Crippen LogP contribution in [-0.2, 0) is 23.1 Å². The van der Waals surface area contributed by atoms with Gasteiger partial charge in [0.05, 0.1) is 4.90 Å². The quantitative estimate of drug-likeness (QED) is 0.550. The lowest BCUT2D eigenvalue weighted by Crippen LogP contribution is -2.36. The molecule has 0 radical (unpaired) electrons. The Kier molecular flexibility index (Phi) is 6.05. The Balaban J connectivity index is 1.93. The molecular weight excluding hydrogens is 350 g/mol. The van der Waals surface area contributed by atoms with Gasteiger partial charge in [-0.25, -0.2) is 22.3 Å².